The molecule has 4 rings (SSSR count). The van der Waals surface area contributed by atoms with E-state index < -0.39 is 0 Å². The molecule has 1 saturated heterocycles. The lowest BCUT2D eigenvalue weighted by atomic mass is 9.75. The predicted octanol–water partition coefficient (Wildman–Crippen LogP) is 5.73. The summed E-state index contributed by atoms with van der Waals surface area (Å²) in [5.74, 6) is -0.00349. The van der Waals surface area contributed by atoms with Crippen LogP contribution in [0.3, 0.4) is 0 Å². The monoisotopic (exact) mass is 567 g/mol. The fourth-order valence-electron chi connectivity index (χ4n) is 5.58. The number of carbonyl (C=O) groups is 3. The lowest BCUT2D eigenvalue weighted by Crippen LogP contribution is -2.36. The Hall–Kier alpha value is -1.21. The Morgan fingerprint density at radius 3 is 2.25 bits per heavy atom. The molecular formula is C25H31Br2NO4. The first-order valence-electron chi connectivity index (χ1n) is 11.6. The number of anilines is 1. The molecule has 32 heavy (non-hydrogen) atoms. The maximum atomic E-state index is 13.1. The van der Waals surface area contributed by atoms with Crippen LogP contribution in [0.1, 0.15) is 63.2 Å². The number of halogens is 2. The number of hydrogen-bond acceptors (Lipinski definition) is 4. The summed E-state index contributed by atoms with van der Waals surface area (Å²) in [5.41, 5.74) is 0.842. The van der Waals surface area contributed by atoms with Crippen LogP contribution in [-0.4, -0.2) is 33.5 Å². The Morgan fingerprint density at radius 1 is 1.03 bits per heavy atom. The first kappa shape index (κ1) is 23.9. The van der Waals surface area contributed by atoms with Crippen molar-refractivity contribution >= 4 is 55.3 Å². The van der Waals surface area contributed by atoms with Gasteiger partial charge in [-0.2, -0.15) is 0 Å². The van der Waals surface area contributed by atoms with Gasteiger partial charge in [0.15, 0.2) is 0 Å². The average molecular weight is 569 g/mol. The number of ether oxygens (including phenoxy) is 1. The third kappa shape index (κ3) is 4.56. The van der Waals surface area contributed by atoms with Crippen molar-refractivity contribution < 1.29 is 19.1 Å². The smallest absolute Gasteiger partial charge is 0.338 e. The maximum absolute atomic E-state index is 13.1. The van der Waals surface area contributed by atoms with Crippen LogP contribution < -0.4 is 4.90 Å². The number of hydrogen-bond donors (Lipinski definition) is 0. The summed E-state index contributed by atoms with van der Waals surface area (Å²) in [7, 11) is 0. The van der Waals surface area contributed by atoms with Gasteiger partial charge in [-0.15, -0.1) is 0 Å². The summed E-state index contributed by atoms with van der Waals surface area (Å²) in [5, 5.41) is 0. The molecule has 0 spiro atoms. The lowest BCUT2D eigenvalue weighted by Gasteiger charge is -2.36. The van der Waals surface area contributed by atoms with E-state index in [0.29, 0.717) is 41.8 Å². The van der Waals surface area contributed by atoms with Gasteiger partial charge in [0.25, 0.3) is 0 Å². The number of alkyl halides is 2. The molecule has 0 bridgehead atoms. The first-order valence-corrected chi connectivity index (χ1v) is 13.5. The van der Waals surface area contributed by atoms with Crippen molar-refractivity contribution in [3.63, 3.8) is 0 Å². The minimum atomic E-state index is -0.380. The number of benzene rings is 1. The van der Waals surface area contributed by atoms with Crippen LogP contribution in [0.25, 0.3) is 0 Å². The van der Waals surface area contributed by atoms with Crippen molar-refractivity contribution in [2.24, 2.45) is 29.6 Å². The number of rotatable bonds is 4. The maximum Gasteiger partial charge on any atom is 0.338 e. The minimum absolute atomic E-state index is 0.0976. The summed E-state index contributed by atoms with van der Waals surface area (Å²) >= 11 is 7.24. The van der Waals surface area contributed by atoms with Gasteiger partial charge in [0.05, 0.1) is 23.1 Å². The van der Waals surface area contributed by atoms with Crippen molar-refractivity contribution in [3.05, 3.63) is 29.8 Å². The third-order valence-electron chi connectivity index (χ3n) is 7.47. The van der Waals surface area contributed by atoms with E-state index in [-0.39, 0.29) is 45.4 Å². The second-order valence-electron chi connectivity index (χ2n) is 10.0. The van der Waals surface area contributed by atoms with Gasteiger partial charge in [-0.25, -0.2) is 4.79 Å². The number of carbonyl (C=O) groups excluding carboxylic acids is 3. The summed E-state index contributed by atoms with van der Waals surface area (Å²) < 4.78 is 5.98. The molecule has 0 aromatic heterocycles. The van der Waals surface area contributed by atoms with Crippen LogP contribution in [-0.2, 0) is 14.3 Å². The molecule has 2 aliphatic carbocycles. The molecule has 174 valence electrons. The normalized spacial score (nSPS) is 35.2. The molecule has 7 atom stereocenters. The zero-order valence-electron chi connectivity index (χ0n) is 18.8. The molecule has 2 saturated carbocycles. The van der Waals surface area contributed by atoms with Crippen LogP contribution in [0.4, 0.5) is 5.69 Å². The van der Waals surface area contributed by atoms with Gasteiger partial charge in [-0.05, 0) is 61.6 Å². The van der Waals surface area contributed by atoms with Crippen LogP contribution in [0.2, 0.25) is 0 Å². The number of nitrogens with zero attached hydrogens (tertiary/aromatic N) is 1. The topological polar surface area (TPSA) is 63.7 Å². The molecule has 2 amide bonds. The highest BCUT2D eigenvalue weighted by molar-refractivity contribution is 9.12. The highest BCUT2D eigenvalue weighted by Gasteiger charge is 2.52. The first-order chi connectivity index (χ1) is 15.2. The summed E-state index contributed by atoms with van der Waals surface area (Å²) in [4.78, 5) is 40.8. The fourth-order valence-corrected chi connectivity index (χ4v) is 6.81. The highest BCUT2D eigenvalue weighted by Crippen LogP contribution is 2.44. The van der Waals surface area contributed by atoms with Gasteiger partial charge in [-0.3, -0.25) is 14.5 Å². The van der Waals surface area contributed by atoms with Crippen LogP contribution in [0.5, 0.6) is 0 Å². The third-order valence-corrected chi connectivity index (χ3v) is 10.2. The van der Waals surface area contributed by atoms with Gasteiger partial charge in [0, 0.05) is 9.65 Å². The lowest BCUT2D eigenvalue weighted by molar-refractivity contribution is -0.122. The van der Waals surface area contributed by atoms with E-state index in [1.54, 1.807) is 24.3 Å². The molecule has 1 aromatic carbocycles. The Balaban J connectivity index is 1.53. The van der Waals surface area contributed by atoms with E-state index in [1.165, 1.54) is 11.3 Å². The van der Waals surface area contributed by atoms with Gasteiger partial charge in [0.1, 0.15) is 6.10 Å². The molecule has 0 radical (unpaired) electrons. The molecule has 5 nitrogen and oxygen atoms in total. The molecule has 3 fully saturated rings. The minimum Gasteiger partial charge on any atom is -0.458 e. The molecular weight excluding hydrogens is 538 g/mol. The number of esters is 1. The van der Waals surface area contributed by atoms with Crippen molar-refractivity contribution in [2.75, 3.05) is 4.90 Å². The average Bonchev–Trinajstić information content (AvgIpc) is 2.98. The Bertz CT molecular complexity index is 876. The summed E-state index contributed by atoms with van der Waals surface area (Å²) in [6.07, 6.45) is 4.26. The molecule has 1 heterocycles. The quantitative estimate of drug-likeness (QED) is 0.264. The predicted molar refractivity (Wildman–Crippen MR) is 131 cm³/mol. The summed E-state index contributed by atoms with van der Waals surface area (Å²) in [6.45, 7) is 6.57. The molecule has 0 N–H and O–H groups in total. The molecule has 1 aromatic rings. The zero-order chi connectivity index (χ0) is 23.2. The van der Waals surface area contributed by atoms with E-state index in [1.807, 2.05) is 0 Å². The van der Waals surface area contributed by atoms with Gasteiger partial charge in [0.2, 0.25) is 11.8 Å². The number of imide groups is 1. The Kier molecular flexibility index (Phi) is 7.16. The second kappa shape index (κ2) is 9.57. The van der Waals surface area contributed by atoms with E-state index in [4.69, 9.17) is 4.74 Å². The largest absolute Gasteiger partial charge is 0.458 e. The van der Waals surface area contributed by atoms with Crippen molar-refractivity contribution in [1.29, 1.82) is 0 Å². The Morgan fingerprint density at radius 2 is 1.66 bits per heavy atom. The second-order valence-corrected chi connectivity index (χ2v) is 12.4. The fraction of sp³-hybridized carbons (Fsp3) is 0.640. The van der Waals surface area contributed by atoms with Crippen molar-refractivity contribution in [2.45, 2.75) is 68.6 Å². The van der Waals surface area contributed by atoms with Crippen molar-refractivity contribution in [3.8, 4) is 0 Å². The summed E-state index contributed by atoms with van der Waals surface area (Å²) in [6, 6.07) is 6.77. The number of amides is 2. The number of fused-ring (bicyclic) bond motifs is 1. The molecule has 1 aliphatic heterocycles. The molecule has 7 heteroatoms. The van der Waals surface area contributed by atoms with Crippen LogP contribution in [0, 0.1) is 29.6 Å². The van der Waals surface area contributed by atoms with Crippen LogP contribution >= 0.6 is 31.9 Å². The molecule has 3 aliphatic rings. The van der Waals surface area contributed by atoms with E-state index in [0.717, 1.165) is 12.8 Å². The van der Waals surface area contributed by atoms with E-state index in [9.17, 15) is 14.4 Å². The van der Waals surface area contributed by atoms with Gasteiger partial charge in [-0.1, -0.05) is 65.1 Å². The molecule has 0 unspecified atom stereocenters. The standard InChI is InChI=1S/C25H31Br2NO4/c1-13(2)17-8-7-14(3)9-22(17)32-25(31)15-5-4-6-16(10-15)28-23(29)18-11-20(26)21(27)12-19(18)24(28)30/h4-6,10,13-14,17-22H,7-9,11-12H2,1-3H3/t14-,17-,18-,19+,20+,21-,22+/m0/s1. The van der Waals surface area contributed by atoms with E-state index in [2.05, 4.69) is 52.6 Å². The zero-order valence-corrected chi connectivity index (χ0v) is 22.0. The van der Waals surface area contributed by atoms with Crippen molar-refractivity contribution in [1.82, 2.24) is 0 Å². The SMILES string of the molecule is CC(C)[C@@H]1CC[C@H](C)C[C@H]1OC(=O)c1cccc(N2C(=O)[C@H]3C[C@@H](Br)[C@@H](Br)C[C@H]3C2=O)c1. The van der Waals surface area contributed by atoms with Gasteiger partial charge >= 0.3 is 5.97 Å². The van der Waals surface area contributed by atoms with Crippen LogP contribution in [0.15, 0.2) is 24.3 Å². The van der Waals surface area contributed by atoms with Gasteiger partial charge < -0.3 is 4.74 Å². The Labute approximate surface area is 206 Å². The van der Waals surface area contributed by atoms with E-state index >= 15 is 0 Å². The highest BCUT2D eigenvalue weighted by atomic mass is 79.9.